The van der Waals surface area contributed by atoms with Gasteiger partial charge in [-0.05, 0) is 47.5 Å². The van der Waals surface area contributed by atoms with Crippen molar-refractivity contribution < 1.29 is 23.4 Å². The van der Waals surface area contributed by atoms with Crippen molar-refractivity contribution in [3.8, 4) is 11.5 Å². The van der Waals surface area contributed by atoms with E-state index >= 15 is 0 Å². The molecule has 6 heteroatoms. The Labute approximate surface area is 161 Å². The minimum atomic E-state index is -0.571. The molecule has 0 N–H and O–H groups in total. The lowest BCUT2D eigenvalue weighted by Gasteiger charge is -2.32. The molecule has 1 aromatic carbocycles. The number of carbonyl (C=O) groups is 1. The Morgan fingerprint density at radius 3 is 2.56 bits per heavy atom. The molecule has 0 fully saturated rings. The first kappa shape index (κ1) is 21.3. The zero-order valence-corrected chi connectivity index (χ0v) is 17.4. The standard InChI is InChI=1S/C21H32FNO4/c1-7-8-11-25-17-12-18(26-14(2)3)19(22)15-9-10-23(13-16(15)17)20(24)27-21(4,5)6/h12,14H,7-11,13H2,1-6H3. The quantitative estimate of drug-likeness (QED) is 0.645. The van der Waals surface area contributed by atoms with Crippen molar-refractivity contribution in [1.82, 2.24) is 4.90 Å². The van der Waals surface area contributed by atoms with Gasteiger partial charge in [-0.1, -0.05) is 13.3 Å². The maximum atomic E-state index is 15.0. The lowest BCUT2D eigenvalue weighted by Crippen LogP contribution is -2.40. The number of amides is 1. The molecular formula is C21H32FNO4. The van der Waals surface area contributed by atoms with Gasteiger partial charge in [0.05, 0.1) is 19.3 Å². The third kappa shape index (κ3) is 5.75. The highest BCUT2D eigenvalue weighted by atomic mass is 19.1. The number of ether oxygens (including phenoxy) is 3. The van der Waals surface area contributed by atoms with E-state index in [0.29, 0.717) is 36.4 Å². The number of carbonyl (C=O) groups excluding carboxylic acids is 1. The van der Waals surface area contributed by atoms with E-state index in [2.05, 4.69) is 6.92 Å². The molecule has 1 amide bonds. The summed E-state index contributed by atoms with van der Waals surface area (Å²) in [6.07, 6.45) is 1.78. The Morgan fingerprint density at radius 2 is 1.96 bits per heavy atom. The van der Waals surface area contributed by atoms with Crippen LogP contribution in [0.25, 0.3) is 0 Å². The van der Waals surface area contributed by atoms with Gasteiger partial charge in [-0.15, -0.1) is 0 Å². The van der Waals surface area contributed by atoms with Crippen LogP contribution in [0, 0.1) is 5.82 Å². The van der Waals surface area contributed by atoms with Gasteiger partial charge in [-0.3, -0.25) is 0 Å². The van der Waals surface area contributed by atoms with Crippen molar-refractivity contribution in [3.05, 3.63) is 23.0 Å². The van der Waals surface area contributed by atoms with Crippen LogP contribution in [0.1, 0.15) is 65.5 Å². The molecule has 0 saturated carbocycles. The van der Waals surface area contributed by atoms with Crippen LogP contribution in [0.4, 0.5) is 9.18 Å². The molecule has 27 heavy (non-hydrogen) atoms. The van der Waals surface area contributed by atoms with E-state index in [1.54, 1.807) is 11.0 Å². The molecule has 0 saturated heterocycles. The molecule has 0 atom stereocenters. The SMILES string of the molecule is CCCCOc1cc(OC(C)C)c(F)c2c1CN(C(=O)OC(C)(C)C)CC2. The summed E-state index contributed by atoms with van der Waals surface area (Å²) in [5.41, 5.74) is 0.703. The number of hydrogen-bond acceptors (Lipinski definition) is 4. The highest BCUT2D eigenvalue weighted by Crippen LogP contribution is 2.37. The summed E-state index contributed by atoms with van der Waals surface area (Å²) in [7, 11) is 0. The van der Waals surface area contributed by atoms with Crippen LogP contribution in [0.5, 0.6) is 11.5 Å². The van der Waals surface area contributed by atoms with Gasteiger partial charge in [0, 0.05) is 23.7 Å². The molecule has 152 valence electrons. The van der Waals surface area contributed by atoms with Crippen molar-refractivity contribution in [2.75, 3.05) is 13.2 Å². The molecule has 0 aromatic heterocycles. The molecule has 2 rings (SSSR count). The lowest BCUT2D eigenvalue weighted by atomic mass is 9.97. The topological polar surface area (TPSA) is 48.0 Å². The van der Waals surface area contributed by atoms with Crippen molar-refractivity contribution >= 4 is 6.09 Å². The van der Waals surface area contributed by atoms with E-state index < -0.39 is 11.7 Å². The second-order valence-corrected chi connectivity index (χ2v) is 8.16. The largest absolute Gasteiger partial charge is 0.493 e. The van der Waals surface area contributed by atoms with Gasteiger partial charge >= 0.3 is 6.09 Å². The van der Waals surface area contributed by atoms with Crippen molar-refractivity contribution in [1.29, 1.82) is 0 Å². The van der Waals surface area contributed by atoms with Gasteiger partial charge < -0.3 is 19.1 Å². The first-order valence-electron chi connectivity index (χ1n) is 9.74. The summed E-state index contributed by atoms with van der Waals surface area (Å²) >= 11 is 0. The Kier molecular flexibility index (Phi) is 6.95. The van der Waals surface area contributed by atoms with Crippen LogP contribution in [0.2, 0.25) is 0 Å². The summed E-state index contributed by atoms with van der Waals surface area (Å²) in [5, 5.41) is 0. The fraction of sp³-hybridized carbons (Fsp3) is 0.667. The van der Waals surface area contributed by atoms with Gasteiger partial charge in [0.15, 0.2) is 11.6 Å². The highest BCUT2D eigenvalue weighted by Gasteiger charge is 2.30. The Balaban J connectivity index is 2.32. The fourth-order valence-electron chi connectivity index (χ4n) is 2.93. The third-order valence-electron chi connectivity index (χ3n) is 4.16. The first-order valence-corrected chi connectivity index (χ1v) is 9.74. The summed E-state index contributed by atoms with van der Waals surface area (Å²) in [6.45, 7) is 12.5. The van der Waals surface area contributed by atoms with Crippen molar-refractivity contribution in [3.63, 3.8) is 0 Å². The van der Waals surface area contributed by atoms with Crippen LogP contribution < -0.4 is 9.47 Å². The summed E-state index contributed by atoms with van der Waals surface area (Å²) in [5.74, 6) is 0.440. The van der Waals surface area contributed by atoms with Crippen LogP contribution in [0.3, 0.4) is 0 Å². The Bertz CT molecular complexity index is 667. The van der Waals surface area contributed by atoms with E-state index in [1.807, 2.05) is 34.6 Å². The maximum absolute atomic E-state index is 15.0. The molecule has 0 radical (unpaired) electrons. The molecule has 1 aromatic rings. The average Bonchev–Trinajstić information content (AvgIpc) is 2.56. The van der Waals surface area contributed by atoms with Gasteiger partial charge in [0.2, 0.25) is 0 Å². The molecule has 0 spiro atoms. The second-order valence-electron chi connectivity index (χ2n) is 8.16. The normalized spacial score (nSPS) is 14.1. The predicted octanol–water partition coefficient (Wildman–Crippen LogP) is 5.09. The van der Waals surface area contributed by atoms with Crippen LogP contribution in [0.15, 0.2) is 6.07 Å². The number of fused-ring (bicyclic) bond motifs is 1. The van der Waals surface area contributed by atoms with Crippen LogP contribution >= 0.6 is 0 Å². The second kappa shape index (κ2) is 8.81. The van der Waals surface area contributed by atoms with Gasteiger partial charge in [-0.25, -0.2) is 9.18 Å². The molecule has 5 nitrogen and oxygen atoms in total. The predicted molar refractivity (Wildman–Crippen MR) is 103 cm³/mol. The monoisotopic (exact) mass is 381 g/mol. The van der Waals surface area contributed by atoms with Crippen LogP contribution in [-0.4, -0.2) is 35.8 Å². The minimum absolute atomic E-state index is 0.136. The summed E-state index contributed by atoms with van der Waals surface area (Å²) < 4.78 is 32.0. The molecule has 1 aliphatic rings. The van der Waals surface area contributed by atoms with Gasteiger partial charge in [0.25, 0.3) is 0 Å². The van der Waals surface area contributed by atoms with Gasteiger partial charge in [-0.2, -0.15) is 0 Å². The lowest BCUT2D eigenvalue weighted by molar-refractivity contribution is 0.0220. The first-order chi connectivity index (χ1) is 12.6. The zero-order chi connectivity index (χ0) is 20.2. The molecule has 0 unspecified atom stereocenters. The third-order valence-corrected chi connectivity index (χ3v) is 4.16. The van der Waals surface area contributed by atoms with E-state index in [-0.39, 0.29) is 24.2 Å². The average molecular weight is 381 g/mol. The van der Waals surface area contributed by atoms with Crippen LogP contribution in [-0.2, 0) is 17.7 Å². The molecule has 0 bridgehead atoms. The van der Waals surface area contributed by atoms with E-state index in [0.717, 1.165) is 12.8 Å². The summed E-state index contributed by atoms with van der Waals surface area (Å²) in [4.78, 5) is 14.0. The smallest absolute Gasteiger partial charge is 0.410 e. The van der Waals surface area contributed by atoms with E-state index in [4.69, 9.17) is 14.2 Å². The number of hydrogen-bond donors (Lipinski definition) is 0. The van der Waals surface area contributed by atoms with E-state index in [9.17, 15) is 9.18 Å². The molecular weight excluding hydrogens is 349 g/mol. The number of nitrogens with zero attached hydrogens (tertiary/aromatic N) is 1. The molecule has 0 aliphatic carbocycles. The Morgan fingerprint density at radius 1 is 1.26 bits per heavy atom. The van der Waals surface area contributed by atoms with Crippen molar-refractivity contribution in [2.45, 2.75) is 79.1 Å². The minimum Gasteiger partial charge on any atom is -0.493 e. The molecule has 1 heterocycles. The number of rotatable bonds is 6. The van der Waals surface area contributed by atoms with Gasteiger partial charge in [0.1, 0.15) is 11.4 Å². The number of benzene rings is 1. The Hall–Kier alpha value is -1.98. The highest BCUT2D eigenvalue weighted by molar-refractivity contribution is 5.69. The van der Waals surface area contributed by atoms with Crippen molar-refractivity contribution in [2.24, 2.45) is 0 Å². The fourth-order valence-corrected chi connectivity index (χ4v) is 2.93. The summed E-state index contributed by atoms with van der Waals surface area (Å²) in [6, 6.07) is 1.61. The molecule has 1 aliphatic heterocycles. The zero-order valence-electron chi connectivity index (χ0n) is 17.4. The number of halogens is 1. The maximum Gasteiger partial charge on any atom is 0.410 e. The number of unbranched alkanes of at least 4 members (excludes halogenated alkanes) is 1. The van der Waals surface area contributed by atoms with E-state index in [1.165, 1.54) is 0 Å².